The Morgan fingerprint density at radius 2 is 1.72 bits per heavy atom. The highest BCUT2D eigenvalue weighted by molar-refractivity contribution is 7.89. The molecule has 0 saturated carbocycles. The molecule has 0 aromatic heterocycles. The standard InChI is InChI=1S/C21H25FN2O4S/c1-14-10-15(2)13-24(12-14)29(26,27)18-8-9-20(22)19(11-18)21(25)23-16-4-6-17(28-3)7-5-16/h4-9,11,14-15H,10,12-13H2,1-3H3,(H,23,25)/t14-,15-/m1/s1. The molecule has 0 unspecified atom stereocenters. The molecule has 1 amide bonds. The number of hydrogen-bond acceptors (Lipinski definition) is 4. The van der Waals surface area contributed by atoms with E-state index in [1.165, 1.54) is 17.5 Å². The summed E-state index contributed by atoms with van der Waals surface area (Å²) in [6.07, 6.45) is 0.963. The highest BCUT2D eigenvalue weighted by Gasteiger charge is 2.32. The maximum atomic E-state index is 14.3. The average molecular weight is 421 g/mol. The van der Waals surface area contributed by atoms with Gasteiger partial charge >= 0.3 is 0 Å². The van der Waals surface area contributed by atoms with Gasteiger partial charge in [0.05, 0.1) is 17.6 Å². The van der Waals surface area contributed by atoms with Crippen molar-refractivity contribution < 1.29 is 22.3 Å². The molecule has 8 heteroatoms. The molecule has 3 rings (SSSR count). The normalized spacial score (nSPS) is 20.3. The Kier molecular flexibility index (Phi) is 6.24. The summed E-state index contributed by atoms with van der Waals surface area (Å²) >= 11 is 0. The molecule has 1 fully saturated rings. The number of rotatable bonds is 5. The van der Waals surface area contributed by atoms with Crippen LogP contribution < -0.4 is 10.1 Å². The summed E-state index contributed by atoms with van der Waals surface area (Å²) in [7, 11) is -2.29. The van der Waals surface area contributed by atoms with Crippen molar-refractivity contribution in [2.45, 2.75) is 25.2 Å². The summed E-state index contributed by atoms with van der Waals surface area (Å²) in [5.74, 6) is -0.397. The minimum atomic E-state index is -3.81. The van der Waals surface area contributed by atoms with Gasteiger partial charge in [-0.3, -0.25) is 4.79 Å². The molecule has 1 saturated heterocycles. The maximum absolute atomic E-state index is 14.3. The monoisotopic (exact) mass is 420 g/mol. The third-order valence-corrected chi connectivity index (χ3v) is 6.83. The molecule has 156 valence electrons. The number of carbonyl (C=O) groups excluding carboxylic acids is 1. The van der Waals surface area contributed by atoms with Crippen molar-refractivity contribution >= 4 is 21.6 Å². The molecule has 2 aromatic rings. The van der Waals surface area contributed by atoms with Crippen LogP contribution in [0.25, 0.3) is 0 Å². The number of hydrogen-bond donors (Lipinski definition) is 1. The van der Waals surface area contributed by atoms with Crippen LogP contribution in [0.1, 0.15) is 30.6 Å². The average Bonchev–Trinajstić information content (AvgIpc) is 2.68. The Balaban J connectivity index is 1.85. The van der Waals surface area contributed by atoms with Crippen LogP contribution in [-0.4, -0.2) is 38.8 Å². The van der Waals surface area contributed by atoms with Crippen molar-refractivity contribution in [3.05, 3.63) is 53.8 Å². The second-order valence-corrected chi connectivity index (χ2v) is 9.53. The first-order valence-corrected chi connectivity index (χ1v) is 10.9. The lowest BCUT2D eigenvalue weighted by Gasteiger charge is -2.34. The van der Waals surface area contributed by atoms with Crippen LogP contribution >= 0.6 is 0 Å². The first-order valence-electron chi connectivity index (χ1n) is 9.46. The van der Waals surface area contributed by atoms with Crippen molar-refractivity contribution in [2.75, 3.05) is 25.5 Å². The number of ether oxygens (including phenoxy) is 1. The number of anilines is 1. The second-order valence-electron chi connectivity index (χ2n) is 7.59. The number of sulfonamides is 1. The van der Waals surface area contributed by atoms with Crippen LogP contribution in [0.2, 0.25) is 0 Å². The Labute approximate surface area is 170 Å². The van der Waals surface area contributed by atoms with E-state index >= 15 is 0 Å². The molecule has 0 radical (unpaired) electrons. The van der Waals surface area contributed by atoms with Crippen molar-refractivity contribution in [1.29, 1.82) is 0 Å². The molecule has 2 aromatic carbocycles. The number of halogens is 1. The van der Waals surface area contributed by atoms with Crippen LogP contribution in [0.5, 0.6) is 5.75 Å². The van der Waals surface area contributed by atoms with Gasteiger partial charge in [0.15, 0.2) is 0 Å². The fraction of sp³-hybridized carbons (Fsp3) is 0.381. The van der Waals surface area contributed by atoms with Gasteiger partial charge < -0.3 is 10.1 Å². The van der Waals surface area contributed by atoms with E-state index < -0.39 is 21.7 Å². The van der Waals surface area contributed by atoms with E-state index in [1.54, 1.807) is 24.3 Å². The largest absolute Gasteiger partial charge is 0.497 e. The topological polar surface area (TPSA) is 75.7 Å². The van der Waals surface area contributed by atoms with E-state index in [2.05, 4.69) is 5.32 Å². The SMILES string of the molecule is COc1ccc(NC(=O)c2cc(S(=O)(=O)N3C[C@H](C)C[C@@H](C)C3)ccc2F)cc1. The van der Waals surface area contributed by atoms with Crippen molar-refractivity contribution in [1.82, 2.24) is 4.31 Å². The van der Waals surface area contributed by atoms with Gasteiger partial charge in [0.2, 0.25) is 10.0 Å². The van der Waals surface area contributed by atoms with Crippen molar-refractivity contribution in [3.63, 3.8) is 0 Å². The third kappa shape index (κ3) is 4.76. The van der Waals surface area contributed by atoms with Crippen LogP contribution in [0.4, 0.5) is 10.1 Å². The third-order valence-electron chi connectivity index (χ3n) is 5.00. The second kappa shape index (κ2) is 8.51. The van der Waals surface area contributed by atoms with E-state index in [1.807, 2.05) is 13.8 Å². The first kappa shape index (κ1) is 21.3. The zero-order valence-electron chi connectivity index (χ0n) is 16.7. The minimum Gasteiger partial charge on any atom is -0.497 e. The van der Waals surface area contributed by atoms with Crippen LogP contribution in [0, 0.1) is 17.7 Å². The maximum Gasteiger partial charge on any atom is 0.258 e. The highest BCUT2D eigenvalue weighted by Crippen LogP contribution is 2.28. The van der Waals surface area contributed by atoms with Gasteiger partial charge in [0, 0.05) is 18.8 Å². The molecule has 1 aliphatic rings. The molecule has 0 spiro atoms. The fourth-order valence-electron chi connectivity index (χ4n) is 3.66. The smallest absolute Gasteiger partial charge is 0.258 e. The number of nitrogens with one attached hydrogen (secondary N) is 1. The van der Waals surface area contributed by atoms with Crippen LogP contribution in [0.15, 0.2) is 47.4 Å². The molecule has 29 heavy (non-hydrogen) atoms. The number of carbonyl (C=O) groups is 1. The summed E-state index contributed by atoms with van der Waals surface area (Å²) in [5, 5.41) is 2.58. The molecule has 2 atom stereocenters. The highest BCUT2D eigenvalue weighted by atomic mass is 32.2. The summed E-state index contributed by atoms with van der Waals surface area (Å²) in [5.41, 5.74) is 0.127. The summed E-state index contributed by atoms with van der Waals surface area (Å²) < 4.78 is 46.9. The zero-order valence-corrected chi connectivity index (χ0v) is 17.5. The summed E-state index contributed by atoms with van der Waals surface area (Å²) in [4.78, 5) is 12.5. The van der Waals surface area contributed by atoms with E-state index in [-0.39, 0.29) is 22.3 Å². The fourth-order valence-corrected chi connectivity index (χ4v) is 5.37. The molecular weight excluding hydrogens is 395 g/mol. The molecule has 1 heterocycles. The van der Waals surface area contributed by atoms with Gasteiger partial charge in [0.25, 0.3) is 5.91 Å². The van der Waals surface area contributed by atoms with Gasteiger partial charge in [-0.15, -0.1) is 0 Å². The van der Waals surface area contributed by atoms with Gasteiger partial charge in [-0.2, -0.15) is 4.31 Å². The quantitative estimate of drug-likeness (QED) is 0.799. The van der Waals surface area contributed by atoms with E-state index in [4.69, 9.17) is 4.74 Å². The number of piperidine rings is 1. The van der Waals surface area contributed by atoms with E-state index in [0.29, 0.717) is 24.5 Å². The first-order chi connectivity index (χ1) is 13.7. The predicted molar refractivity (Wildman–Crippen MR) is 109 cm³/mol. The molecular formula is C21H25FN2O4S. The number of nitrogens with zero attached hydrogens (tertiary/aromatic N) is 1. The predicted octanol–water partition coefficient (Wildman–Crippen LogP) is 3.75. The minimum absolute atomic E-state index is 0.0833. The van der Waals surface area contributed by atoms with Crippen molar-refractivity contribution in [3.8, 4) is 5.75 Å². The number of methoxy groups -OCH3 is 1. The molecule has 1 aliphatic heterocycles. The lowest BCUT2D eigenvalue weighted by molar-refractivity contribution is 0.102. The Morgan fingerprint density at radius 1 is 1.10 bits per heavy atom. The Morgan fingerprint density at radius 3 is 2.31 bits per heavy atom. The summed E-state index contributed by atoms with van der Waals surface area (Å²) in [6, 6.07) is 9.88. The van der Waals surface area contributed by atoms with Gasteiger partial charge in [-0.05, 0) is 60.7 Å². The zero-order chi connectivity index (χ0) is 21.2. The summed E-state index contributed by atoms with van der Waals surface area (Å²) in [6.45, 7) is 4.85. The lowest BCUT2D eigenvalue weighted by Crippen LogP contribution is -2.42. The van der Waals surface area contributed by atoms with Crippen molar-refractivity contribution in [2.24, 2.45) is 11.8 Å². The molecule has 1 N–H and O–H groups in total. The van der Waals surface area contributed by atoms with Gasteiger partial charge in [-0.25, -0.2) is 12.8 Å². The van der Waals surface area contributed by atoms with E-state index in [9.17, 15) is 17.6 Å². The number of benzene rings is 2. The van der Waals surface area contributed by atoms with Crippen LogP contribution in [-0.2, 0) is 10.0 Å². The Bertz CT molecular complexity index is 982. The lowest BCUT2D eigenvalue weighted by atomic mass is 9.94. The molecule has 6 nitrogen and oxygen atoms in total. The van der Waals surface area contributed by atoms with E-state index in [0.717, 1.165) is 18.6 Å². The Hall–Kier alpha value is -2.45. The number of amides is 1. The van der Waals surface area contributed by atoms with Crippen LogP contribution in [0.3, 0.4) is 0 Å². The molecule has 0 aliphatic carbocycles. The van der Waals surface area contributed by atoms with Gasteiger partial charge in [0.1, 0.15) is 11.6 Å². The van der Waals surface area contributed by atoms with Gasteiger partial charge in [-0.1, -0.05) is 13.8 Å². The molecule has 0 bridgehead atoms.